The molecule has 0 aliphatic heterocycles. The lowest BCUT2D eigenvalue weighted by Crippen LogP contribution is -2.27. The minimum atomic E-state index is 0.557. The van der Waals surface area contributed by atoms with Crippen molar-refractivity contribution in [2.45, 2.75) is 59.4 Å². The molecule has 2 unspecified atom stereocenters. The van der Waals surface area contributed by atoms with Gasteiger partial charge in [-0.05, 0) is 42.8 Å². The highest BCUT2D eigenvalue weighted by Crippen LogP contribution is 2.31. The van der Waals surface area contributed by atoms with E-state index in [1.807, 2.05) is 11.3 Å². The summed E-state index contributed by atoms with van der Waals surface area (Å²) in [5.74, 6) is 0.781. The minimum absolute atomic E-state index is 0.557. The van der Waals surface area contributed by atoms with E-state index in [-0.39, 0.29) is 0 Å². The third-order valence-corrected chi connectivity index (χ3v) is 4.34. The van der Waals surface area contributed by atoms with E-state index in [0.29, 0.717) is 6.04 Å². The predicted octanol–water partition coefficient (Wildman–Crippen LogP) is 4.92. The highest BCUT2D eigenvalue weighted by Gasteiger charge is 2.21. The maximum atomic E-state index is 3.68. The van der Waals surface area contributed by atoms with Gasteiger partial charge < -0.3 is 5.32 Å². The first-order valence-electron chi connectivity index (χ1n) is 7.01. The molecule has 0 saturated heterocycles. The number of aryl methyl sites for hydroxylation is 1. The summed E-state index contributed by atoms with van der Waals surface area (Å²) in [4.78, 5) is 1.42. The maximum Gasteiger partial charge on any atom is 0.0356 e. The van der Waals surface area contributed by atoms with E-state index in [4.69, 9.17) is 0 Å². The molecule has 1 nitrogen and oxygen atoms in total. The molecular weight excluding hydrogens is 226 g/mol. The van der Waals surface area contributed by atoms with Gasteiger partial charge >= 0.3 is 0 Å². The Balaban J connectivity index is 2.74. The maximum absolute atomic E-state index is 3.68. The first-order chi connectivity index (χ1) is 8.22. The zero-order chi connectivity index (χ0) is 12.7. The smallest absolute Gasteiger partial charge is 0.0356 e. The molecule has 2 atom stereocenters. The molecule has 0 aromatic carbocycles. The van der Waals surface area contributed by atoms with Gasteiger partial charge in [0.15, 0.2) is 0 Å². The normalized spacial score (nSPS) is 14.8. The van der Waals surface area contributed by atoms with Crippen molar-refractivity contribution in [1.29, 1.82) is 0 Å². The van der Waals surface area contributed by atoms with Crippen molar-refractivity contribution >= 4 is 11.3 Å². The Hall–Kier alpha value is -0.340. The first-order valence-corrected chi connectivity index (χ1v) is 7.89. The van der Waals surface area contributed by atoms with Gasteiger partial charge in [-0.15, -0.1) is 11.3 Å². The summed E-state index contributed by atoms with van der Waals surface area (Å²) in [5, 5.41) is 6.01. The monoisotopic (exact) mass is 253 g/mol. The lowest BCUT2D eigenvalue weighted by atomic mass is 9.88. The summed E-state index contributed by atoms with van der Waals surface area (Å²) in [6.45, 7) is 10.1. The van der Waals surface area contributed by atoms with Crippen LogP contribution in [0, 0.1) is 12.8 Å². The molecule has 0 bridgehead atoms. The summed E-state index contributed by atoms with van der Waals surface area (Å²) in [7, 11) is 0. The molecule has 0 aliphatic rings. The zero-order valence-electron chi connectivity index (χ0n) is 11.8. The number of hydrogen-bond acceptors (Lipinski definition) is 2. The van der Waals surface area contributed by atoms with E-state index in [1.54, 1.807) is 0 Å². The van der Waals surface area contributed by atoms with Crippen LogP contribution in [-0.2, 0) is 0 Å². The van der Waals surface area contributed by atoms with Crippen molar-refractivity contribution in [2.75, 3.05) is 6.54 Å². The number of thiophene rings is 1. The summed E-state index contributed by atoms with van der Waals surface area (Å²) < 4.78 is 0. The minimum Gasteiger partial charge on any atom is -0.310 e. The second-order valence-electron chi connectivity index (χ2n) is 4.84. The lowest BCUT2D eigenvalue weighted by Gasteiger charge is -2.26. The van der Waals surface area contributed by atoms with Gasteiger partial charge in [-0.25, -0.2) is 0 Å². The van der Waals surface area contributed by atoms with Gasteiger partial charge in [0, 0.05) is 10.9 Å². The molecule has 98 valence electrons. The van der Waals surface area contributed by atoms with Crippen LogP contribution in [0.4, 0.5) is 0 Å². The van der Waals surface area contributed by atoms with Crippen LogP contribution in [0.5, 0.6) is 0 Å². The average molecular weight is 253 g/mol. The van der Waals surface area contributed by atoms with Crippen LogP contribution < -0.4 is 5.32 Å². The molecule has 17 heavy (non-hydrogen) atoms. The Morgan fingerprint density at radius 3 is 2.53 bits per heavy atom. The highest BCUT2D eigenvalue weighted by molar-refractivity contribution is 7.10. The van der Waals surface area contributed by atoms with Crippen molar-refractivity contribution in [1.82, 2.24) is 5.32 Å². The zero-order valence-corrected chi connectivity index (χ0v) is 12.6. The van der Waals surface area contributed by atoms with Crippen LogP contribution in [-0.4, -0.2) is 6.54 Å². The van der Waals surface area contributed by atoms with E-state index in [0.717, 1.165) is 12.5 Å². The van der Waals surface area contributed by atoms with Crippen molar-refractivity contribution in [3.05, 3.63) is 21.9 Å². The molecule has 2 heteroatoms. The van der Waals surface area contributed by atoms with Gasteiger partial charge in [0.25, 0.3) is 0 Å². The fourth-order valence-corrected chi connectivity index (χ4v) is 3.22. The molecule has 1 N–H and O–H groups in total. The number of unbranched alkanes of at least 4 members (excludes halogenated alkanes) is 1. The Kier molecular flexibility index (Phi) is 6.83. The van der Waals surface area contributed by atoms with Gasteiger partial charge in [0.05, 0.1) is 0 Å². The number of rotatable bonds is 8. The van der Waals surface area contributed by atoms with E-state index >= 15 is 0 Å². The molecule has 1 aromatic rings. The third-order valence-electron chi connectivity index (χ3n) is 3.46. The molecule has 1 rings (SSSR count). The first kappa shape index (κ1) is 14.7. The van der Waals surface area contributed by atoms with Crippen LogP contribution in [0.3, 0.4) is 0 Å². The van der Waals surface area contributed by atoms with Crippen molar-refractivity contribution in [3.8, 4) is 0 Å². The van der Waals surface area contributed by atoms with Crippen LogP contribution in [0.15, 0.2) is 11.4 Å². The molecule has 0 radical (unpaired) electrons. The van der Waals surface area contributed by atoms with E-state index in [2.05, 4.69) is 44.5 Å². The third kappa shape index (κ3) is 4.44. The largest absolute Gasteiger partial charge is 0.310 e. The standard InChI is InChI=1S/C15H27NS/c1-5-8-9-13(6-2)15(16-7-3)14-10-12(4)17-11-14/h10-11,13,15-16H,5-9H2,1-4H3. The van der Waals surface area contributed by atoms with E-state index in [1.165, 1.54) is 36.1 Å². The Bertz CT molecular complexity index is 306. The van der Waals surface area contributed by atoms with Gasteiger partial charge in [-0.2, -0.15) is 0 Å². The van der Waals surface area contributed by atoms with E-state index < -0.39 is 0 Å². The van der Waals surface area contributed by atoms with Crippen LogP contribution in [0.2, 0.25) is 0 Å². The SMILES string of the molecule is CCCCC(CC)C(NCC)c1csc(C)c1. The van der Waals surface area contributed by atoms with Gasteiger partial charge in [0.1, 0.15) is 0 Å². The fourth-order valence-electron chi connectivity index (χ4n) is 2.48. The summed E-state index contributed by atoms with van der Waals surface area (Å²) >= 11 is 1.87. The quantitative estimate of drug-likeness (QED) is 0.693. The van der Waals surface area contributed by atoms with Crippen LogP contribution in [0.1, 0.15) is 62.9 Å². The van der Waals surface area contributed by atoms with Crippen LogP contribution >= 0.6 is 11.3 Å². The summed E-state index contributed by atoms with van der Waals surface area (Å²) in [5.41, 5.74) is 1.50. The summed E-state index contributed by atoms with van der Waals surface area (Å²) in [6.07, 6.45) is 5.27. The molecule has 0 aliphatic carbocycles. The lowest BCUT2D eigenvalue weighted by molar-refractivity contribution is 0.328. The number of hydrogen-bond donors (Lipinski definition) is 1. The Morgan fingerprint density at radius 2 is 2.06 bits per heavy atom. The topological polar surface area (TPSA) is 12.0 Å². The molecule has 0 fully saturated rings. The molecule has 0 amide bonds. The van der Waals surface area contributed by atoms with E-state index in [9.17, 15) is 0 Å². The average Bonchev–Trinajstić information content (AvgIpc) is 2.75. The van der Waals surface area contributed by atoms with Crippen molar-refractivity contribution in [2.24, 2.45) is 5.92 Å². The number of nitrogens with one attached hydrogen (secondary N) is 1. The Labute approximate surface area is 111 Å². The molecule has 1 heterocycles. The molecular formula is C15H27NS. The fraction of sp³-hybridized carbons (Fsp3) is 0.733. The molecule has 0 saturated carbocycles. The summed E-state index contributed by atoms with van der Waals surface area (Å²) in [6, 6.07) is 2.91. The van der Waals surface area contributed by atoms with Crippen molar-refractivity contribution in [3.63, 3.8) is 0 Å². The Morgan fingerprint density at radius 1 is 1.29 bits per heavy atom. The van der Waals surface area contributed by atoms with Gasteiger partial charge in [-0.1, -0.05) is 40.0 Å². The molecule has 1 aromatic heterocycles. The second-order valence-corrected chi connectivity index (χ2v) is 5.95. The van der Waals surface area contributed by atoms with Gasteiger partial charge in [-0.3, -0.25) is 0 Å². The second kappa shape index (κ2) is 7.88. The van der Waals surface area contributed by atoms with Gasteiger partial charge in [0.2, 0.25) is 0 Å². The van der Waals surface area contributed by atoms with Crippen LogP contribution in [0.25, 0.3) is 0 Å². The predicted molar refractivity (Wildman–Crippen MR) is 78.8 cm³/mol. The molecule has 0 spiro atoms. The highest BCUT2D eigenvalue weighted by atomic mass is 32.1. The van der Waals surface area contributed by atoms with Crippen molar-refractivity contribution < 1.29 is 0 Å².